The SMILES string of the molecule is C=C/C=C/CCC1CCC(c2ccc(-c3ccc(OC(F)(F)F)c(F)c3)cc2)CC1. The fourth-order valence-electron chi connectivity index (χ4n) is 4.14. The Morgan fingerprint density at radius 1 is 0.967 bits per heavy atom. The number of allylic oxidation sites excluding steroid dienone is 3. The molecule has 0 unspecified atom stereocenters. The summed E-state index contributed by atoms with van der Waals surface area (Å²) in [5.41, 5.74) is 2.55. The minimum atomic E-state index is -4.91. The van der Waals surface area contributed by atoms with Crippen LogP contribution in [0.1, 0.15) is 50.0 Å². The first kappa shape index (κ1) is 22.1. The van der Waals surface area contributed by atoms with Crippen molar-refractivity contribution in [2.75, 3.05) is 0 Å². The first-order valence-electron chi connectivity index (χ1n) is 10.3. The van der Waals surface area contributed by atoms with Gasteiger partial charge >= 0.3 is 6.36 Å². The molecule has 1 aliphatic carbocycles. The second-order valence-corrected chi connectivity index (χ2v) is 7.77. The molecule has 1 nitrogen and oxygen atoms in total. The van der Waals surface area contributed by atoms with Gasteiger partial charge in [-0.3, -0.25) is 0 Å². The van der Waals surface area contributed by atoms with Crippen LogP contribution in [0.2, 0.25) is 0 Å². The highest BCUT2D eigenvalue weighted by Crippen LogP contribution is 2.38. The fourth-order valence-corrected chi connectivity index (χ4v) is 4.14. The van der Waals surface area contributed by atoms with Crippen LogP contribution in [0.15, 0.2) is 67.3 Å². The lowest BCUT2D eigenvalue weighted by atomic mass is 9.77. The van der Waals surface area contributed by atoms with Crippen LogP contribution in [0, 0.1) is 11.7 Å². The van der Waals surface area contributed by atoms with Crippen LogP contribution in [-0.4, -0.2) is 6.36 Å². The molecule has 0 aromatic heterocycles. The van der Waals surface area contributed by atoms with Gasteiger partial charge in [-0.2, -0.15) is 0 Å². The van der Waals surface area contributed by atoms with Gasteiger partial charge in [-0.15, -0.1) is 13.2 Å². The zero-order valence-corrected chi connectivity index (χ0v) is 16.8. The van der Waals surface area contributed by atoms with Gasteiger partial charge in [-0.25, -0.2) is 4.39 Å². The number of hydrogen-bond acceptors (Lipinski definition) is 1. The summed E-state index contributed by atoms with van der Waals surface area (Å²) in [5.74, 6) is -0.552. The number of benzene rings is 2. The molecule has 0 aliphatic heterocycles. The third-order valence-electron chi connectivity index (χ3n) is 5.73. The lowest BCUT2D eigenvalue weighted by molar-refractivity contribution is -0.275. The maximum Gasteiger partial charge on any atom is 0.573 e. The second-order valence-electron chi connectivity index (χ2n) is 7.77. The molecule has 0 bridgehead atoms. The minimum Gasteiger partial charge on any atom is -0.403 e. The van der Waals surface area contributed by atoms with Crippen molar-refractivity contribution in [1.29, 1.82) is 0 Å². The molecule has 1 saturated carbocycles. The summed E-state index contributed by atoms with van der Waals surface area (Å²) in [6.07, 6.45) is 8.14. The summed E-state index contributed by atoms with van der Waals surface area (Å²) in [6.45, 7) is 3.68. The smallest absolute Gasteiger partial charge is 0.403 e. The Labute approximate surface area is 175 Å². The van der Waals surface area contributed by atoms with Crippen LogP contribution >= 0.6 is 0 Å². The van der Waals surface area contributed by atoms with Gasteiger partial charge in [0.1, 0.15) is 0 Å². The van der Waals surface area contributed by atoms with Crippen LogP contribution in [-0.2, 0) is 0 Å². The number of alkyl halides is 3. The monoisotopic (exact) mass is 418 g/mol. The summed E-state index contributed by atoms with van der Waals surface area (Å²) in [5, 5.41) is 0. The predicted molar refractivity (Wildman–Crippen MR) is 112 cm³/mol. The first-order valence-corrected chi connectivity index (χ1v) is 10.3. The molecule has 0 atom stereocenters. The minimum absolute atomic E-state index is 0.518. The van der Waals surface area contributed by atoms with E-state index in [4.69, 9.17) is 0 Å². The van der Waals surface area contributed by atoms with Crippen molar-refractivity contribution in [3.63, 3.8) is 0 Å². The molecule has 1 aliphatic rings. The van der Waals surface area contributed by atoms with Crippen molar-refractivity contribution in [2.45, 2.75) is 50.8 Å². The summed E-state index contributed by atoms with van der Waals surface area (Å²) < 4.78 is 54.5. The standard InChI is InChI=1S/C25H26F4O/c1-2-3-4-5-6-18-7-9-19(10-8-18)20-11-13-21(14-12-20)22-15-16-24(23(26)17-22)30-25(27,28)29/h2-4,11-19H,1,5-10H2/b4-3+. The van der Waals surface area contributed by atoms with Gasteiger partial charge < -0.3 is 4.74 Å². The highest BCUT2D eigenvalue weighted by atomic mass is 19.4. The van der Waals surface area contributed by atoms with Gasteiger partial charge in [0, 0.05) is 0 Å². The van der Waals surface area contributed by atoms with E-state index in [-0.39, 0.29) is 0 Å². The van der Waals surface area contributed by atoms with Crippen LogP contribution in [0.4, 0.5) is 17.6 Å². The Balaban J connectivity index is 1.58. The van der Waals surface area contributed by atoms with Gasteiger partial charge in [0.25, 0.3) is 0 Å². The van der Waals surface area contributed by atoms with E-state index in [1.807, 2.05) is 30.3 Å². The molecule has 160 valence electrons. The normalized spacial score (nSPS) is 19.7. The molecule has 2 aromatic rings. The van der Waals surface area contributed by atoms with E-state index >= 15 is 0 Å². The van der Waals surface area contributed by atoms with Crippen molar-refractivity contribution >= 4 is 0 Å². The molecule has 0 amide bonds. The number of ether oxygens (including phenoxy) is 1. The number of halogens is 4. The Bertz CT molecular complexity index is 860. The summed E-state index contributed by atoms with van der Waals surface area (Å²) in [6, 6.07) is 11.4. The molecule has 3 rings (SSSR count). The summed E-state index contributed by atoms with van der Waals surface area (Å²) in [7, 11) is 0. The van der Waals surface area contributed by atoms with E-state index in [0.717, 1.165) is 42.9 Å². The van der Waals surface area contributed by atoms with Crippen molar-refractivity contribution < 1.29 is 22.3 Å². The van der Waals surface area contributed by atoms with Crippen molar-refractivity contribution in [2.24, 2.45) is 5.92 Å². The fraction of sp³-hybridized carbons (Fsp3) is 0.360. The maximum absolute atomic E-state index is 14.0. The molecule has 0 N–H and O–H groups in total. The van der Waals surface area contributed by atoms with Crippen molar-refractivity contribution in [1.82, 2.24) is 0 Å². The second kappa shape index (κ2) is 9.96. The third kappa shape index (κ3) is 6.22. The zero-order valence-electron chi connectivity index (χ0n) is 16.8. The molecular weight excluding hydrogens is 392 g/mol. The van der Waals surface area contributed by atoms with Gasteiger partial charge in [-0.1, -0.05) is 55.1 Å². The van der Waals surface area contributed by atoms with Gasteiger partial charge in [0.15, 0.2) is 11.6 Å². The van der Waals surface area contributed by atoms with E-state index < -0.39 is 17.9 Å². The molecule has 0 spiro atoms. The lowest BCUT2D eigenvalue weighted by Crippen LogP contribution is -2.17. The van der Waals surface area contributed by atoms with E-state index in [2.05, 4.69) is 17.4 Å². The third-order valence-corrected chi connectivity index (χ3v) is 5.73. The molecule has 30 heavy (non-hydrogen) atoms. The Hall–Kier alpha value is -2.56. The van der Waals surface area contributed by atoms with E-state index in [1.54, 1.807) is 6.08 Å². The number of hydrogen-bond donors (Lipinski definition) is 0. The van der Waals surface area contributed by atoms with Crippen molar-refractivity contribution in [3.05, 3.63) is 78.7 Å². The van der Waals surface area contributed by atoms with E-state index in [0.29, 0.717) is 11.5 Å². The van der Waals surface area contributed by atoms with Crippen LogP contribution in [0.25, 0.3) is 11.1 Å². The average Bonchev–Trinajstić information content (AvgIpc) is 2.72. The largest absolute Gasteiger partial charge is 0.573 e. The first-order chi connectivity index (χ1) is 14.4. The van der Waals surface area contributed by atoms with Crippen molar-refractivity contribution in [3.8, 4) is 16.9 Å². The molecule has 0 radical (unpaired) electrons. The summed E-state index contributed by atoms with van der Waals surface area (Å²) >= 11 is 0. The summed E-state index contributed by atoms with van der Waals surface area (Å²) in [4.78, 5) is 0. The average molecular weight is 418 g/mol. The quantitative estimate of drug-likeness (QED) is 0.325. The zero-order chi connectivity index (χ0) is 21.6. The van der Waals surface area contributed by atoms with Gasteiger partial charge in [0.2, 0.25) is 0 Å². The maximum atomic E-state index is 14.0. The molecule has 1 fully saturated rings. The molecular formula is C25H26F4O. The van der Waals surface area contributed by atoms with Gasteiger partial charge in [0.05, 0.1) is 0 Å². The Morgan fingerprint density at radius 2 is 1.63 bits per heavy atom. The highest BCUT2D eigenvalue weighted by molar-refractivity contribution is 5.64. The van der Waals surface area contributed by atoms with Crippen LogP contribution in [0.5, 0.6) is 5.75 Å². The van der Waals surface area contributed by atoms with Crippen LogP contribution in [0.3, 0.4) is 0 Å². The lowest BCUT2D eigenvalue weighted by Gasteiger charge is -2.28. The number of rotatable bonds is 7. The highest BCUT2D eigenvalue weighted by Gasteiger charge is 2.32. The predicted octanol–water partition coefficient (Wildman–Crippen LogP) is 8.19. The molecule has 2 aromatic carbocycles. The van der Waals surface area contributed by atoms with E-state index in [1.165, 1.54) is 30.9 Å². The van der Waals surface area contributed by atoms with Crippen LogP contribution < -0.4 is 4.74 Å². The Kier molecular flexibility index (Phi) is 7.35. The molecule has 0 heterocycles. The molecule has 0 saturated heterocycles. The van der Waals surface area contributed by atoms with Gasteiger partial charge in [-0.05, 0) is 79.2 Å². The molecule has 5 heteroatoms. The van der Waals surface area contributed by atoms with E-state index in [9.17, 15) is 17.6 Å². The Morgan fingerprint density at radius 3 is 2.23 bits per heavy atom. The topological polar surface area (TPSA) is 9.23 Å².